The molecule has 2 rings (SSSR count). The minimum Gasteiger partial charge on any atom is -0.299 e. The Bertz CT molecular complexity index is 575. The van der Waals surface area contributed by atoms with Gasteiger partial charge in [-0.25, -0.2) is 0 Å². The smallest absolute Gasteiger partial charge is 0.195 e. The highest BCUT2D eigenvalue weighted by Gasteiger charge is 2.18. The van der Waals surface area contributed by atoms with Crippen molar-refractivity contribution in [2.75, 3.05) is 0 Å². The summed E-state index contributed by atoms with van der Waals surface area (Å²) in [5.41, 5.74) is 1.35. The first kappa shape index (κ1) is 14.0. The Hall–Kier alpha value is -1.42. The van der Waals surface area contributed by atoms with Crippen molar-refractivity contribution in [3.8, 4) is 0 Å². The highest BCUT2D eigenvalue weighted by atomic mass is 32.1. The van der Waals surface area contributed by atoms with Gasteiger partial charge in [0, 0.05) is 12.0 Å². The molecule has 2 aromatic rings. The molecule has 0 aliphatic rings. The Balaban J connectivity index is 2.03. The number of aromatic amines is 1. The summed E-state index contributed by atoms with van der Waals surface area (Å²) in [5.74, 6) is 1.05. The van der Waals surface area contributed by atoms with Gasteiger partial charge in [0.1, 0.15) is 5.82 Å². The summed E-state index contributed by atoms with van der Waals surface area (Å²) in [7, 11) is 0. The maximum absolute atomic E-state index is 5.31. The molecule has 0 saturated carbocycles. The monoisotopic (exact) mass is 275 g/mol. The number of nitrogens with one attached hydrogen (secondary N) is 1. The zero-order valence-corrected chi connectivity index (χ0v) is 12.6. The second-order valence-electron chi connectivity index (χ2n) is 5.79. The molecule has 0 spiro atoms. The van der Waals surface area contributed by atoms with Crippen molar-refractivity contribution >= 4 is 12.2 Å². The summed E-state index contributed by atoms with van der Waals surface area (Å²) in [6, 6.07) is 10.6. The van der Waals surface area contributed by atoms with E-state index in [2.05, 4.69) is 59.8 Å². The van der Waals surface area contributed by atoms with Crippen LogP contribution in [-0.2, 0) is 18.4 Å². The van der Waals surface area contributed by atoms with Crippen LogP contribution >= 0.6 is 12.2 Å². The molecule has 0 aliphatic carbocycles. The molecular weight excluding hydrogens is 254 g/mol. The van der Waals surface area contributed by atoms with Gasteiger partial charge in [0.25, 0.3) is 0 Å². The van der Waals surface area contributed by atoms with Crippen LogP contribution < -0.4 is 0 Å². The number of hydrogen-bond donors (Lipinski definition) is 1. The fraction of sp³-hybridized carbons (Fsp3) is 0.467. The molecule has 0 fully saturated rings. The van der Waals surface area contributed by atoms with Crippen molar-refractivity contribution in [3.63, 3.8) is 0 Å². The third kappa shape index (κ3) is 3.53. The summed E-state index contributed by atoms with van der Waals surface area (Å²) in [5, 5.41) is 7.27. The molecule has 0 unspecified atom stereocenters. The van der Waals surface area contributed by atoms with E-state index in [0.717, 1.165) is 25.1 Å². The largest absolute Gasteiger partial charge is 0.299 e. The van der Waals surface area contributed by atoms with E-state index in [1.54, 1.807) is 0 Å². The average Bonchev–Trinajstić information content (AvgIpc) is 2.72. The van der Waals surface area contributed by atoms with Crippen LogP contribution in [0, 0.1) is 4.77 Å². The number of rotatable bonds is 4. The summed E-state index contributed by atoms with van der Waals surface area (Å²) in [6.07, 6.45) is 3.10. The normalized spacial score (nSPS) is 11.7. The van der Waals surface area contributed by atoms with Crippen LogP contribution in [0.2, 0.25) is 0 Å². The van der Waals surface area contributed by atoms with Crippen LogP contribution in [0.3, 0.4) is 0 Å². The van der Waals surface area contributed by atoms with Crippen LogP contribution in [0.25, 0.3) is 0 Å². The Morgan fingerprint density at radius 2 is 1.84 bits per heavy atom. The minimum atomic E-state index is -0.0217. The molecule has 0 atom stereocenters. The Morgan fingerprint density at radius 1 is 1.16 bits per heavy atom. The summed E-state index contributed by atoms with van der Waals surface area (Å²) in [4.78, 5) is 0. The molecular formula is C15H21N3S. The van der Waals surface area contributed by atoms with Gasteiger partial charge >= 0.3 is 0 Å². The molecule has 0 saturated heterocycles. The van der Waals surface area contributed by atoms with Crippen molar-refractivity contribution < 1.29 is 0 Å². The van der Waals surface area contributed by atoms with E-state index in [1.165, 1.54) is 5.56 Å². The zero-order chi connectivity index (χ0) is 13.9. The summed E-state index contributed by atoms with van der Waals surface area (Å²) >= 11 is 5.31. The summed E-state index contributed by atoms with van der Waals surface area (Å²) in [6.45, 7) is 6.46. The van der Waals surface area contributed by atoms with Gasteiger partial charge in [-0.3, -0.25) is 9.67 Å². The van der Waals surface area contributed by atoms with Crippen molar-refractivity contribution in [3.05, 3.63) is 46.5 Å². The van der Waals surface area contributed by atoms with Gasteiger partial charge in [-0.2, -0.15) is 5.10 Å². The van der Waals surface area contributed by atoms with Crippen molar-refractivity contribution in [1.29, 1.82) is 0 Å². The predicted octanol–water partition coefficient (Wildman–Crippen LogP) is 3.87. The van der Waals surface area contributed by atoms with Gasteiger partial charge in [0.05, 0.1) is 0 Å². The standard InChI is InChI=1S/C15H21N3S/c1-15(2,3)18-13(16-17-14(18)19)11-7-10-12-8-5-4-6-9-12/h4-6,8-9H,7,10-11H2,1-3H3,(H,17,19). The van der Waals surface area contributed by atoms with E-state index < -0.39 is 0 Å². The second-order valence-corrected chi connectivity index (χ2v) is 6.18. The molecule has 1 aromatic carbocycles. The van der Waals surface area contributed by atoms with Crippen LogP contribution in [0.4, 0.5) is 0 Å². The molecule has 3 nitrogen and oxygen atoms in total. The minimum absolute atomic E-state index is 0.0217. The second kappa shape index (κ2) is 5.70. The number of benzene rings is 1. The van der Waals surface area contributed by atoms with E-state index >= 15 is 0 Å². The fourth-order valence-corrected chi connectivity index (χ4v) is 2.71. The predicted molar refractivity (Wildman–Crippen MR) is 80.9 cm³/mol. The van der Waals surface area contributed by atoms with Gasteiger partial charge in [-0.15, -0.1) is 0 Å². The first-order valence-electron chi connectivity index (χ1n) is 6.69. The van der Waals surface area contributed by atoms with Gasteiger partial charge in [-0.1, -0.05) is 30.3 Å². The molecule has 0 amide bonds. The van der Waals surface area contributed by atoms with Crippen LogP contribution in [-0.4, -0.2) is 14.8 Å². The van der Waals surface area contributed by atoms with E-state index in [4.69, 9.17) is 12.2 Å². The molecule has 1 aromatic heterocycles. The number of aromatic nitrogens is 3. The fourth-order valence-electron chi connectivity index (χ4n) is 2.28. The van der Waals surface area contributed by atoms with E-state index in [0.29, 0.717) is 4.77 Å². The van der Waals surface area contributed by atoms with Gasteiger partial charge in [0.15, 0.2) is 4.77 Å². The number of H-pyrrole nitrogens is 1. The maximum Gasteiger partial charge on any atom is 0.195 e. The van der Waals surface area contributed by atoms with Crippen molar-refractivity contribution in [2.45, 2.75) is 45.6 Å². The lowest BCUT2D eigenvalue weighted by atomic mass is 10.1. The molecule has 1 N–H and O–H groups in total. The van der Waals surface area contributed by atoms with Gasteiger partial charge in [0.2, 0.25) is 0 Å². The lowest BCUT2D eigenvalue weighted by Crippen LogP contribution is -2.24. The third-order valence-corrected chi connectivity index (χ3v) is 3.40. The lowest BCUT2D eigenvalue weighted by molar-refractivity contribution is 0.376. The molecule has 19 heavy (non-hydrogen) atoms. The van der Waals surface area contributed by atoms with Crippen molar-refractivity contribution in [2.24, 2.45) is 0 Å². The Labute approximate surface area is 119 Å². The van der Waals surface area contributed by atoms with E-state index in [9.17, 15) is 0 Å². The topological polar surface area (TPSA) is 33.6 Å². The van der Waals surface area contributed by atoms with E-state index in [1.807, 2.05) is 6.07 Å². The Kier molecular flexibility index (Phi) is 4.20. The van der Waals surface area contributed by atoms with Gasteiger partial charge in [-0.05, 0) is 51.4 Å². The molecule has 1 heterocycles. The molecule has 4 heteroatoms. The SMILES string of the molecule is CC(C)(C)n1c(CCCc2ccccc2)n[nH]c1=S. The van der Waals surface area contributed by atoms with Crippen molar-refractivity contribution in [1.82, 2.24) is 14.8 Å². The van der Waals surface area contributed by atoms with E-state index in [-0.39, 0.29) is 5.54 Å². The maximum atomic E-state index is 5.31. The zero-order valence-electron chi connectivity index (χ0n) is 11.8. The molecule has 102 valence electrons. The molecule has 0 radical (unpaired) electrons. The average molecular weight is 275 g/mol. The first-order valence-corrected chi connectivity index (χ1v) is 7.10. The number of aryl methyl sites for hydroxylation is 2. The lowest BCUT2D eigenvalue weighted by Gasteiger charge is -2.22. The number of hydrogen-bond acceptors (Lipinski definition) is 2. The quantitative estimate of drug-likeness (QED) is 0.859. The highest BCUT2D eigenvalue weighted by molar-refractivity contribution is 7.71. The van der Waals surface area contributed by atoms with Crippen LogP contribution in [0.5, 0.6) is 0 Å². The number of nitrogens with zero attached hydrogens (tertiary/aromatic N) is 2. The molecule has 0 bridgehead atoms. The molecule has 0 aliphatic heterocycles. The highest BCUT2D eigenvalue weighted by Crippen LogP contribution is 2.17. The van der Waals surface area contributed by atoms with Crippen LogP contribution in [0.15, 0.2) is 30.3 Å². The summed E-state index contributed by atoms with van der Waals surface area (Å²) < 4.78 is 2.83. The third-order valence-electron chi connectivity index (χ3n) is 3.12. The Morgan fingerprint density at radius 3 is 2.47 bits per heavy atom. The van der Waals surface area contributed by atoms with Gasteiger partial charge < -0.3 is 0 Å². The first-order chi connectivity index (χ1) is 8.98. The van der Waals surface area contributed by atoms with Crippen LogP contribution in [0.1, 0.15) is 38.6 Å².